The van der Waals surface area contributed by atoms with Crippen LogP contribution in [0.15, 0.2) is 48.8 Å². The van der Waals surface area contributed by atoms with Gasteiger partial charge in [0.15, 0.2) is 5.65 Å². The molecule has 0 radical (unpaired) electrons. The van der Waals surface area contributed by atoms with E-state index < -0.39 is 0 Å². The number of carbonyl (C=O) groups excluding carboxylic acids is 1. The topological polar surface area (TPSA) is 108 Å². The van der Waals surface area contributed by atoms with Crippen LogP contribution in [-0.2, 0) is 17.7 Å². The highest BCUT2D eigenvalue weighted by atomic mass is 19.1. The fraction of sp³-hybridized carbons (Fsp3) is 0.280. The van der Waals surface area contributed by atoms with Crippen molar-refractivity contribution in [2.75, 3.05) is 25.5 Å². The van der Waals surface area contributed by atoms with Gasteiger partial charge in [0.25, 0.3) is 5.91 Å². The number of benzene rings is 1. The Morgan fingerprint density at radius 3 is 2.97 bits per heavy atom. The third-order valence-electron chi connectivity index (χ3n) is 6.36. The average Bonchev–Trinajstić information content (AvgIpc) is 3.50. The lowest BCUT2D eigenvalue weighted by atomic mass is 9.99. The molecule has 3 aromatic heterocycles. The molecule has 2 aliphatic heterocycles. The summed E-state index contributed by atoms with van der Waals surface area (Å²) in [5.41, 5.74) is 9.86. The zero-order chi connectivity index (χ0) is 23.9. The van der Waals surface area contributed by atoms with Crippen LogP contribution in [0.5, 0.6) is 5.75 Å². The molecule has 2 aliphatic rings. The molecule has 1 amide bonds. The van der Waals surface area contributed by atoms with Crippen molar-refractivity contribution < 1.29 is 18.7 Å². The average molecular weight is 474 g/mol. The SMILES string of the molecule is Nc1nc2cc(-c3cnc4c(c3)C(=O)N(Cc3cc(F)ccc3OC3CCOC3)CC4)ccn2n1. The van der Waals surface area contributed by atoms with Crippen molar-refractivity contribution >= 4 is 17.5 Å². The summed E-state index contributed by atoms with van der Waals surface area (Å²) in [5.74, 6) is 0.257. The molecule has 9 nitrogen and oxygen atoms in total. The molecule has 35 heavy (non-hydrogen) atoms. The summed E-state index contributed by atoms with van der Waals surface area (Å²) < 4.78 is 27.1. The third kappa shape index (κ3) is 4.17. The second-order valence-corrected chi connectivity index (χ2v) is 8.74. The molecular weight excluding hydrogens is 451 g/mol. The van der Waals surface area contributed by atoms with Crippen LogP contribution in [0.1, 0.15) is 28.0 Å². The molecule has 6 rings (SSSR count). The maximum Gasteiger partial charge on any atom is 0.256 e. The molecule has 1 fully saturated rings. The van der Waals surface area contributed by atoms with Gasteiger partial charge in [0.2, 0.25) is 5.95 Å². The van der Waals surface area contributed by atoms with Crippen molar-refractivity contribution in [3.05, 3.63) is 71.4 Å². The first kappa shape index (κ1) is 21.5. The summed E-state index contributed by atoms with van der Waals surface area (Å²) in [6.45, 7) is 1.89. The van der Waals surface area contributed by atoms with E-state index in [0.717, 1.165) is 23.2 Å². The molecule has 0 bridgehead atoms. The number of ether oxygens (including phenoxy) is 2. The molecule has 0 saturated carbocycles. The summed E-state index contributed by atoms with van der Waals surface area (Å²) >= 11 is 0. The van der Waals surface area contributed by atoms with Gasteiger partial charge in [0.05, 0.1) is 24.5 Å². The highest BCUT2D eigenvalue weighted by Crippen LogP contribution is 2.29. The number of halogens is 1. The molecule has 10 heteroatoms. The first-order valence-electron chi connectivity index (χ1n) is 11.5. The molecule has 5 heterocycles. The van der Waals surface area contributed by atoms with E-state index in [1.165, 1.54) is 12.1 Å². The largest absolute Gasteiger partial charge is 0.488 e. The number of aromatic nitrogens is 4. The van der Waals surface area contributed by atoms with E-state index in [0.29, 0.717) is 48.7 Å². The summed E-state index contributed by atoms with van der Waals surface area (Å²) in [4.78, 5) is 23.9. The second kappa shape index (κ2) is 8.62. The maximum atomic E-state index is 14.1. The van der Waals surface area contributed by atoms with Crippen LogP contribution in [0.2, 0.25) is 0 Å². The Morgan fingerprint density at radius 1 is 1.20 bits per heavy atom. The Kier molecular flexibility index (Phi) is 5.29. The van der Waals surface area contributed by atoms with Crippen LogP contribution in [0.25, 0.3) is 16.8 Å². The summed E-state index contributed by atoms with van der Waals surface area (Å²) in [6.07, 6.45) is 4.86. The van der Waals surface area contributed by atoms with Gasteiger partial charge in [-0.15, -0.1) is 5.10 Å². The zero-order valence-electron chi connectivity index (χ0n) is 18.9. The number of nitrogens with zero attached hydrogens (tertiary/aromatic N) is 5. The maximum absolute atomic E-state index is 14.1. The lowest BCUT2D eigenvalue weighted by Gasteiger charge is -2.29. The van der Waals surface area contributed by atoms with Crippen LogP contribution < -0.4 is 10.5 Å². The molecule has 4 aromatic rings. The molecule has 1 atom stereocenters. The third-order valence-corrected chi connectivity index (χ3v) is 6.36. The van der Waals surface area contributed by atoms with E-state index in [1.807, 2.05) is 18.2 Å². The van der Waals surface area contributed by atoms with Crippen LogP contribution >= 0.6 is 0 Å². The Hall–Kier alpha value is -4.05. The van der Waals surface area contributed by atoms with Crippen LogP contribution in [0.4, 0.5) is 10.3 Å². The molecule has 1 unspecified atom stereocenters. The summed E-state index contributed by atoms with van der Waals surface area (Å²) in [5, 5.41) is 4.09. The fourth-order valence-electron chi connectivity index (χ4n) is 4.55. The van der Waals surface area contributed by atoms with Crippen molar-refractivity contribution in [2.45, 2.75) is 25.5 Å². The lowest BCUT2D eigenvalue weighted by molar-refractivity contribution is 0.0721. The van der Waals surface area contributed by atoms with Gasteiger partial charge in [-0.2, -0.15) is 4.98 Å². The number of nitrogens with two attached hydrogens (primary N) is 1. The van der Waals surface area contributed by atoms with Crippen molar-refractivity contribution in [1.82, 2.24) is 24.5 Å². The van der Waals surface area contributed by atoms with E-state index >= 15 is 0 Å². The van der Waals surface area contributed by atoms with Gasteiger partial charge in [0, 0.05) is 49.5 Å². The van der Waals surface area contributed by atoms with Crippen LogP contribution in [0, 0.1) is 5.82 Å². The molecule has 2 N–H and O–H groups in total. The number of hydrogen-bond donors (Lipinski definition) is 1. The first-order chi connectivity index (χ1) is 17.0. The standard InChI is InChI=1S/C25H23FN6O3/c26-18-1-2-22(35-19-5-8-34-14-19)17(9-18)13-31-6-4-21-20(24(31)33)10-16(12-28-21)15-3-7-32-23(11-15)29-25(27)30-32/h1-3,7,9-12,19H,4-6,8,13-14H2,(H2,27,30). The smallest absolute Gasteiger partial charge is 0.256 e. The quantitative estimate of drug-likeness (QED) is 0.474. The number of pyridine rings is 2. The first-order valence-corrected chi connectivity index (χ1v) is 11.5. The predicted octanol–water partition coefficient (Wildman–Crippen LogP) is 2.88. The number of amides is 1. The minimum absolute atomic E-state index is 0.0679. The normalized spacial score (nSPS) is 17.7. The number of rotatable bonds is 5. The monoisotopic (exact) mass is 474 g/mol. The highest BCUT2D eigenvalue weighted by Gasteiger charge is 2.27. The Morgan fingerprint density at radius 2 is 2.11 bits per heavy atom. The van der Waals surface area contributed by atoms with Gasteiger partial charge in [-0.3, -0.25) is 9.78 Å². The molecule has 178 valence electrons. The van der Waals surface area contributed by atoms with Gasteiger partial charge in [0.1, 0.15) is 17.7 Å². The Bertz CT molecular complexity index is 1430. The van der Waals surface area contributed by atoms with Crippen molar-refractivity contribution in [2.24, 2.45) is 0 Å². The fourth-order valence-corrected chi connectivity index (χ4v) is 4.55. The molecule has 1 aromatic carbocycles. The zero-order valence-corrected chi connectivity index (χ0v) is 18.9. The van der Waals surface area contributed by atoms with Crippen molar-refractivity contribution in [3.8, 4) is 16.9 Å². The number of nitrogen functional groups attached to an aromatic ring is 1. The summed E-state index contributed by atoms with van der Waals surface area (Å²) in [7, 11) is 0. The van der Waals surface area contributed by atoms with Gasteiger partial charge in [-0.1, -0.05) is 0 Å². The van der Waals surface area contributed by atoms with Crippen LogP contribution in [-0.4, -0.2) is 56.3 Å². The number of hydrogen-bond acceptors (Lipinski definition) is 7. The van der Waals surface area contributed by atoms with E-state index in [-0.39, 0.29) is 30.3 Å². The predicted molar refractivity (Wildman–Crippen MR) is 125 cm³/mol. The molecular formula is C25H23FN6O3. The number of carbonyl (C=O) groups is 1. The van der Waals surface area contributed by atoms with E-state index in [1.54, 1.807) is 27.9 Å². The molecule has 1 saturated heterocycles. The van der Waals surface area contributed by atoms with E-state index in [9.17, 15) is 9.18 Å². The van der Waals surface area contributed by atoms with Gasteiger partial charge in [-0.05, 0) is 42.0 Å². The number of fused-ring (bicyclic) bond motifs is 2. The minimum atomic E-state index is -0.367. The lowest BCUT2D eigenvalue weighted by Crippen LogP contribution is -2.37. The van der Waals surface area contributed by atoms with Crippen LogP contribution in [0.3, 0.4) is 0 Å². The minimum Gasteiger partial charge on any atom is -0.488 e. The van der Waals surface area contributed by atoms with E-state index in [4.69, 9.17) is 15.2 Å². The number of anilines is 1. The second-order valence-electron chi connectivity index (χ2n) is 8.74. The van der Waals surface area contributed by atoms with Gasteiger partial charge < -0.3 is 20.1 Å². The van der Waals surface area contributed by atoms with Crippen molar-refractivity contribution in [1.29, 1.82) is 0 Å². The molecule has 0 aliphatic carbocycles. The van der Waals surface area contributed by atoms with E-state index in [2.05, 4.69) is 15.1 Å². The van der Waals surface area contributed by atoms with Gasteiger partial charge in [-0.25, -0.2) is 8.91 Å². The van der Waals surface area contributed by atoms with Crippen molar-refractivity contribution in [3.63, 3.8) is 0 Å². The highest BCUT2D eigenvalue weighted by molar-refractivity contribution is 5.97. The molecule has 0 spiro atoms. The Balaban J connectivity index is 1.27. The summed E-state index contributed by atoms with van der Waals surface area (Å²) in [6, 6.07) is 10.00. The Labute approximate surface area is 200 Å². The van der Waals surface area contributed by atoms with Gasteiger partial charge >= 0.3 is 0 Å².